The molecule has 0 saturated carbocycles. The van der Waals surface area contributed by atoms with Gasteiger partial charge in [-0.25, -0.2) is 0 Å². The zero-order chi connectivity index (χ0) is 10.8. The molecule has 2 nitrogen and oxygen atoms in total. The van der Waals surface area contributed by atoms with Gasteiger partial charge in [0.25, 0.3) is 0 Å². The number of hydrogen-bond acceptors (Lipinski definition) is 1. The van der Waals surface area contributed by atoms with Crippen molar-refractivity contribution in [3.8, 4) is 5.88 Å². The molecule has 1 aliphatic carbocycles. The molecule has 0 atom stereocenters. The standard InChI is InChI=1S/C13H19NO/c1-3-10-12-8-6-4-5-7-11(12)9(2)14-13(10)15/h3-8H2,1-2H3,(H,14,15)/p+1. The summed E-state index contributed by atoms with van der Waals surface area (Å²) in [7, 11) is 0. The highest BCUT2D eigenvalue weighted by Gasteiger charge is 2.22. The van der Waals surface area contributed by atoms with Crippen LogP contribution in [0.5, 0.6) is 5.88 Å². The summed E-state index contributed by atoms with van der Waals surface area (Å²) >= 11 is 0. The van der Waals surface area contributed by atoms with E-state index in [0.29, 0.717) is 5.88 Å². The molecule has 1 aromatic rings. The largest absolute Gasteiger partial charge is 0.460 e. The quantitative estimate of drug-likeness (QED) is 0.703. The first-order valence-corrected chi connectivity index (χ1v) is 5.99. The molecule has 0 amide bonds. The minimum atomic E-state index is 0.385. The van der Waals surface area contributed by atoms with E-state index in [0.717, 1.165) is 24.1 Å². The van der Waals surface area contributed by atoms with E-state index >= 15 is 0 Å². The smallest absolute Gasteiger partial charge is 0.367 e. The number of aromatic nitrogens is 1. The predicted octanol–water partition coefficient (Wildman–Crippen LogP) is 2.35. The van der Waals surface area contributed by atoms with Gasteiger partial charge >= 0.3 is 5.88 Å². The van der Waals surface area contributed by atoms with Crippen molar-refractivity contribution in [2.45, 2.75) is 52.4 Å². The molecule has 0 aromatic carbocycles. The van der Waals surface area contributed by atoms with Crippen LogP contribution in [0.4, 0.5) is 0 Å². The van der Waals surface area contributed by atoms with Crippen molar-refractivity contribution >= 4 is 0 Å². The van der Waals surface area contributed by atoms with E-state index in [1.54, 1.807) is 0 Å². The maximum absolute atomic E-state index is 9.88. The average molecular weight is 206 g/mol. The summed E-state index contributed by atoms with van der Waals surface area (Å²) in [4.78, 5) is 3.10. The Balaban J connectivity index is 2.57. The molecule has 0 aliphatic heterocycles. The van der Waals surface area contributed by atoms with Gasteiger partial charge in [-0.15, -0.1) is 0 Å². The van der Waals surface area contributed by atoms with Gasteiger partial charge in [-0.05, 0) is 37.7 Å². The van der Waals surface area contributed by atoms with Crippen LogP contribution in [0.1, 0.15) is 48.6 Å². The van der Waals surface area contributed by atoms with Crippen molar-refractivity contribution in [2.24, 2.45) is 0 Å². The SMILES string of the molecule is CCc1c(O)[nH+]c(C)c2c1CCCCC2. The number of nitrogens with one attached hydrogen (secondary N) is 1. The number of H-pyrrole nitrogens is 1. The number of rotatable bonds is 1. The number of pyridine rings is 1. The van der Waals surface area contributed by atoms with Crippen LogP contribution in [0.3, 0.4) is 0 Å². The Hall–Kier alpha value is -1.05. The average Bonchev–Trinajstić information content (AvgIpc) is 2.44. The first kappa shape index (κ1) is 10.5. The van der Waals surface area contributed by atoms with E-state index in [4.69, 9.17) is 0 Å². The van der Waals surface area contributed by atoms with Crippen molar-refractivity contribution in [3.05, 3.63) is 22.4 Å². The molecular formula is C13H20NO+. The number of aromatic amines is 1. The molecule has 1 aromatic heterocycles. The van der Waals surface area contributed by atoms with Gasteiger partial charge in [0.15, 0.2) is 5.69 Å². The molecule has 1 heterocycles. The van der Waals surface area contributed by atoms with Crippen molar-refractivity contribution in [3.63, 3.8) is 0 Å². The molecular weight excluding hydrogens is 186 g/mol. The van der Waals surface area contributed by atoms with Gasteiger partial charge in [0, 0.05) is 12.5 Å². The molecule has 0 spiro atoms. The van der Waals surface area contributed by atoms with Gasteiger partial charge in [0.1, 0.15) is 0 Å². The van der Waals surface area contributed by atoms with Gasteiger partial charge in [-0.3, -0.25) is 0 Å². The molecule has 0 fully saturated rings. The third kappa shape index (κ3) is 1.85. The Morgan fingerprint density at radius 2 is 1.80 bits per heavy atom. The van der Waals surface area contributed by atoms with Gasteiger partial charge < -0.3 is 5.11 Å². The highest BCUT2D eigenvalue weighted by Crippen LogP contribution is 2.28. The summed E-state index contributed by atoms with van der Waals surface area (Å²) in [6.45, 7) is 4.19. The van der Waals surface area contributed by atoms with Crippen LogP contribution in [0.25, 0.3) is 0 Å². The molecule has 0 saturated heterocycles. The van der Waals surface area contributed by atoms with E-state index in [1.165, 1.54) is 36.8 Å². The zero-order valence-corrected chi connectivity index (χ0v) is 9.69. The monoisotopic (exact) mass is 206 g/mol. The molecule has 2 rings (SSSR count). The molecule has 0 bridgehead atoms. The van der Waals surface area contributed by atoms with Crippen LogP contribution < -0.4 is 4.98 Å². The van der Waals surface area contributed by atoms with Crippen molar-refractivity contribution in [1.29, 1.82) is 0 Å². The molecule has 0 unspecified atom stereocenters. The summed E-state index contributed by atoms with van der Waals surface area (Å²) in [5, 5.41) is 9.88. The van der Waals surface area contributed by atoms with Crippen LogP contribution in [0.15, 0.2) is 0 Å². The lowest BCUT2D eigenvalue weighted by Gasteiger charge is -2.10. The first-order chi connectivity index (χ1) is 7.24. The van der Waals surface area contributed by atoms with Gasteiger partial charge in [-0.2, -0.15) is 4.98 Å². The topological polar surface area (TPSA) is 34.4 Å². The minimum absolute atomic E-state index is 0.385. The Labute approximate surface area is 91.4 Å². The molecule has 2 N–H and O–H groups in total. The van der Waals surface area contributed by atoms with Crippen LogP contribution in [-0.2, 0) is 19.3 Å². The Bertz CT molecular complexity index is 371. The van der Waals surface area contributed by atoms with Crippen LogP contribution in [0, 0.1) is 6.92 Å². The fraction of sp³-hybridized carbons (Fsp3) is 0.615. The Morgan fingerprint density at radius 1 is 1.13 bits per heavy atom. The fourth-order valence-electron chi connectivity index (χ4n) is 2.68. The van der Waals surface area contributed by atoms with Crippen molar-refractivity contribution in [2.75, 3.05) is 0 Å². The summed E-state index contributed by atoms with van der Waals surface area (Å²) in [6.07, 6.45) is 7.11. The molecule has 15 heavy (non-hydrogen) atoms. The third-order valence-corrected chi connectivity index (χ3v) is 3.48. The summed E-state index contributed by atoms with van der Waals surface area (Å²) in [5.74, 6) is 0.385. The lowest BCUT2D eigenvalue weighted by Crippen LogP contribution is -2.16. The number of aromatic hydroxyl groups is 1. The van der Waals surface area contributed by atoms with Crippen molar-refractivity contribution in [1.82, 2.24) is 0 Å². The summed E-state index contributed by atoms with van der Waals surface area (Å²) in [6, 6.07) is 0. The molecule has 1 aliphatic rings. The van der Waals surface area contributed by atoms with E-state index in [9.17, 15) is 5.11 Å². The van der Waals surface area contributed by atoms with Gasteiger partial charge in [-0.1, -0.05) is 13.3 Å². The van der Waals surface area contributed by atoms with E-state index < -0.39 is 0 Å². The predicted molar refractivity (Wildman–Crippen MR) is 60.0 cm³/mol. The maximum atomic E-state index is 9.88. The Morgan fingerprint density at radius 3 is 2.47 bits per heavy atom. The van der Waals surface area contributed by atoms with E-state index in [1.807, 2.05) is 0 Å². The summed E-state index contributed by atoms with van der Waals surface area (Å²) in [5.41, 5.74) is 5.17. The lowest BCUT2D eigenvalue weighted by molar-refractivity contribution is -0.404. The van der Waals surface area contributed by atoms with Crippen LogP contribution in [-0.4, -0.2) is 5.11 Å². The first-order valence-electron chi connectivity index (χ1n) is 5.99. The zero-order valence-electron chi connectivity index (χ0n) is 9.69. The molecule has 82 valence electrons. The minimum Gasteiger partial charge on any atom is -0.460 e. The second kappa shape index (κ2) is 4.21. The van der Waals surface area contributed by atoms with Crippen molar-refractivity contribution < 1.29 is 10.1 Å². The van der Waals surface area contributed by atoms with E-state index in [2.05, 4.69) is 18.8 Å². The second-order valence-corrected chi connectivity index (χ2v) is 4.45. The fourth-order valence-corrected chi connectivity index (χ4v) is 2.68. The molecule has 2 heteroatoms. The highest BCUT2D eigenvalue weighted by atomic mass is 16.3. The second-order valence-electron chi connectivity index (χ2n) is 4.45. The van der Waals surface area contributed by atoms with Crippen LogP contribution in [0.2, 0.25) is 0 Å². The van der Waals surface area contributed by atoms with E-state index in [-0.39, 0.29) is 0 Å². The number of hydrogen-bond donors (Lipinski definition) is 1. The summed E-state index contributed by atoms with van der Waals surface area (Å²) < 4.78 is 0. The molecule has 0 radical (unpaired) electrons. The number of fused-ring (bicyclic) bond motifs is 1. The Kier molecular flexibility index (Phi) is 2.94. The van der Waals surface area contributed by atoms with Crippen LogP contribution >= 0.6 is 0 Å². The maximum Gasteiger partial charge on any atom is 0.367 e. The number of aryl methyl sites for hydroxylation is 1. The lowest BCUT2D eigenvalue weighted by atomic mass is 9.95. The normalized spacial score (nSPS) is 15.9. The highest BCUT2D eigenvalue weighted by molar-refractivity contribution is 5.39. The third-order valence-electron chi connectivity index (χ3n) is 3.48. The van der Waals surface area contributed by atoms with Gasteiger partial charge in [0.05, 0.1) is 5.56 Å². The van der Waals surface area contributed by atoms with Gasteiger partial charge in [0.2, 0.25) is 0 Å².